The Kier molecular flexibility index (Phi) is 5.54. The van der Waals surface area contributed by atoms with Crippen molar-refractivity contribution in [2.45, 2.75) is 19.0 Å². The molecule has 2 saturated heterocycles. The number of para-hydroxylation sites is 1. The molecule has 4 nitrogen and oxygen atoms in total. The first kappa shape index (κ1) is 17.5. The molecule has 26 heavy (non-hydrogen) atoms. The molecule has 2 fully saturated rings. The highest BCUT2D eigenvalue weighted by atomic mass is 16.5. The Morgan fingerprint density at radius 3 is 2.27 bits per heavy atom. The molecule has 0 radical (unpaired) electrons. The van der Waals surface area contributed by atoms with Gasteiger partial charge in [-0.15, -0.1) is 0 Å². The molecule has 0 aliphatic carbocycles. The number of hydrogen-bond donors (Lipinski definition) is 0. The molecule has 0 N–H and O–H groups in total. The fourth-order valence-electron chi connectivity index (χ4n) is 3.99. The molecule has 0 spiro atoms. The topological polar surface area (TPSA) is 19.0 Å². The van der Waals surface area contributed by atoms with E-state index in [1.807, 2.05) is 30.3 Å². The predicted molar refractivity (Wildman–Crippen MR) is 106 cm³/mol. The molecule has 2 aliphatic rings. The van der Waals surface area contributed by atoms with E-state index in [-0.39, 0.29) is 0 Å². The van der Waals surface area contributed by atoms with E-state index in [4.69, 9.17) is 4.74 Å². The van der Waals surface area contributed by atoms with Crippen LogP contribution >= 0.6 is 0 Å². The van der Waals surface area contributed by atoms with Crippen molar-refractivity contribution in [3.05, 3.63) is 60.2 Å². The molecule has 1 unspecified atom stereocenters. The summed E-state index contributed by atoms with van der Waals surface area (Å²) in [4.78, 5) is 7.72. The van der Waals surface area contributed by atoms with Gasteiger partial charge in [0, 0.05) is 51.9 Å². The zero-order valence-electron chi connectivity index (χ0n) is 15.7. The van der Waals surface area contributed by atoms with Crippen LogP contribution < -0.4 is 4.74 Å². The van der Waals surface area contributed by atoms with Crippen LogP contribution in [0.1, 0.15) is 12.0 Å². The van der Waals surface area contributed by atoms with Gasteiger partial charge in [0.25, 0.3) is 0 Å². The normalized spacial score (nSPS) is 22.6. The number of hydrogen-bond acceptors (Lipinski definition) is 4. The molecule has 4 rings (SSSR count). The van der Waals surface area contributed by atoms with E-state index in [9.17, 15) is 0 Å². The van der Waals surface area contributed by atoms with Gasteiger partial charge in [0.15, 0.2) is 0 Å². The highest BCUT2D eigenvalue weighted by Crippen LogP contribution is 2.23. The predicted octanol–water partition coefficient (Wildman–Crippen LogP) is 3.30. The summed E-state index contributed by atoms with van der Waals surface area (Å²) in [6.45, 7) is 8.31. The lowest BCUT2D eigenvalue weighted by Gasteiger charge is -2.36. The Morgan fingerprint density at radius 1 is 0.846 bits per heavy atom. The molecular formula is C22H29N3O. The summed E-state index contributed by atoms with van der Waals surface area (Å²) >= 11 is 0. The van der Waals surface area contributed by atoms with Crippen molar-refractivity contribution in [1.29, 1.82) is 0 Å². The Morgan fingerprint density at radius 2 is 1.54 bits per heavy atom. The van der Waals surface area contributed by atoms with Crippen LogP contribution in [0.25, 0.3) is 0 Å². The summed E-state index contributed by atoms with van der Waals surface area (Å²) in [5.74, 6) is 1.78. The van der Waals surface area contributed by atoms with Crippen molar-refractivity contribution in [3.63, 3.8) is 0 Å². The van der Waals surface area contributed by atoms with Gasteiger partial charge in [0.1, 0.15) is 11.5 Å². The third-order valence-corrected chi connectivity index (χ3v) is 5.61. The van der Waals surface area contributed by atoms with Crippen molar-refractivity contribution in [1.82, 2.24) is 14.7 Å². The lowest BCUT2D eigenvalue weighted by atomic mass is 10.2. The van der Waals surface area contributed by atoms with E-state index in [1.165, 1.54) is 51.3 Å². The minimum atomic E-state index is 0.740. The number of rotatable bonds is 5. The molecule has 2 heterocycles. The second-order valence-electron chi connectivity index (χ2n) is 7.58. The summed E-state index contributed by atoms with van der Waals surface area (Å²) in [7, 11) is 2.23. The zero-order chi connectivity index (χ0) is 17.8. The zero-order valence-corrected chi connectivity index (χ0v) is 15.7. The first-order chi connectivity index (χ1) is 12.8. The van der Waals surface area contributed by atoms with E-state index < -0.39 is 0 Å². The maximum absolute atomic E-state index is 5.88. The van der Waals surface area contributed by atoms with E-state index in [1.54, 1.807) is 0 Å². The van der Waals surface area contributed by atoms with Crippen molar-refractivity contribution in [2.75, 3.05) is 46.3 Å². The van der Waals surface area contributed by atoms with Gasteiger partial charge >= 0.3 is 0 Å². The molecule has 0 amide bonds. The van der Waals surface area contributed by atoms with Crippen molar-refractivity contribution in [3.8, 4) is 11.5 Å². The van der Waals surface area contributed by atoms with Crippen LogP contribution in [0.4, 0.5) is 0 Å². The number of ether oxygens (including phenoxy) is 1. The molecule has 0 bridgehead atoms. The summed E-state index contributed by atoms with van der Waals surface area (Å²) in [6, 6.07) is 19.2. The third-order valence-electron chi connectivity index (χ3n) is 5.61. The van der Waals surface area contributed by atoms with Gasteiger partial charge in [-0.05, 0) is 43.3 Å². The highest BCUT2D eigenvalue weighted by molar-refractivity contribution is 5.33. The lowest BCUT2D eigenvalue weighted by Crippen LogP contribution is -2.49. The number of piperazine rings is 1. The van der Waals surface area contributed by atoms with Crippen molar-refractivity contribution < 1.29 is 4.74 Å². The van der Waals surface area contributed by atoms with Gasteiger partial charge in [-0.3, -0.25) is 9.80 Å². The quantitative estimate of drug-likeness (QED) is 0.823. The van der Waals surface area contributed by atoms with Gasteiger partial charge < -0.3 is 9.64 Å². The Bertz CT molecular complexity index is 680. The fraction of sp³-hybridized carbons (Fsp3) is 0.455. The van der Waals surface area contributed by atoms with Gasteiger partial charge in [-0.25, -0.2) is 0 Å². The Labute approximate surface area is 157 Å². The summed E-state index contributed by atoms with van der Waals surface area (Å²) in [5.41, 5.74) is 1.37. The molecule has 2 aromatic carbocycles. The van der Waals surface area contributed by atoms with Gasteiger partial charge in [0.2, 0.25) is 0 Å². The van der Waals surface area contributed by atoms with Gasteiger partial charge in [0.05, 0.1) is 0 Å². The van der Waals surface area contributed by atoms with E-state index in [0.717, 1.165) is 24.1 Å². The maximum atomic E-state index is 5.88. The van der Waals surface area contributed by atoms with E-state index in [2.05, 4.69) is 46.0 Å². The van der Waals surface area contributed by atoms with Gasteiger partial charge in [-0.2, -0.15) is 0 Å². The van der Waals surface area contributed by atoms with Crippen LogP contribution in [-0.4, -0.2) is 67.1 Å². The van der Waals surface area contributed by atoms with Crippen molar-refractivity contribution in [2.24, 2.45) is 0 Å². The molecule has 1 atom stereocenters. The number of likely N-dealkylation sites (N-methyl/N-ethyl adjacent to an activating group) is 1. The van der Waals surface area contributed by atoms with Crippen LogP contribution in [0.3, 0.4) is 0 Å². The second kappa shape index (κ2) is 8.21. The fourth-order valence-corrected chi connectivity index (χ4v) is 3.99. The Balaban J connectivity index is 1.28. The van der Waals surface area contributed by atoms with E-state index in [0.29, 0.717) is 0 Å². The second-order valence-corrected chi connectivity index (χ2v) is 7.58. The molecule has 2 aliphatic heterocycles. The highest BCUT2D eigenvalue weighted by Gasteiger charge is 2.29. The maximum Gasteiger partial charge on any atom is 0.127 e. The number of likely N-dealkylation sites (tertiary alicyclic amines) is 1. The average Bonchev–Trinajstić information content (AvgIpc) is 3.13. The molecule has 4 heteroatoms. The van der Waals surface area contributed by atoms with Crippen LogP contribution in [0, 0.1) is 0 Å². The van der Waals surface area contributed by atoms with Crippen LogP contribution in [-0.2, 0) is 6.54 Å². The minimum Gasteiger partial charge on any atom is -0.457 e. The third kappa shape index (κ3) is 4.44. The molecule has 138 valence electrons. The SMILES string of the molecule is CN1CCN(C2CCN(Cc3ccc(Oc4ccccc4)cc3)C2)CC1. The summed E-state index contributed by atoms with van der Waals surface area (Å²) in [5, 5.41) is 0. The largest absolute Gasteiger partial charge is 0.457 e. The Hall–Kier alpha value is -1.88. The van der Waals surface area contributed by atoms with Crippen LogP contribution in [0.5, 0.6) is 11.5 Å². The monoisotopic (exact) mass is 351 g/mol. The lowest BCUT2D eigenvalue weighted by molar-refractivity contribution is 0.112. The smallest absolute Gasteiger partial charge is 0.127 e. The molecular weight excluding hydrogens is 322 g/mol. The molecule has 2 aromatic rings. The standard InChI is InChI=1S/C22H29N3O/c1-23-13-15-25(16-14-23)20-11-12-24(18-20)17-19-7-9-22(10-8-19)26-21-5-3-2-4-6-21/h2-10,20H,11-18H2,1H3. The minimum absolute atomic E-state index is 0.740. The molecule has 0 saturated carbocycles. The van der Waals surface area contributed by atoms with E-state index >= 15 is 0 Å². The molecule has 0 aromatic heterocycles. The average molecular weight is 351 g/mol. The first-order valence-corrected chi connectivity index (χ1v) is 9.73. The first-order valence-electron chi connectivity index (χ1n) is 9.73. The summed E-state index contributed by atoms with van der Waals surface area (Å²) in [6.07, 6.45) is 1.30. The summed E-state index contributed by atoms with van der Waals surface area (Å²) < 4.78 is 5.88. The van der Waals surface area contributed by atoms with Crippen LogP contribution in [0.15, 0.2) is 54.6 Å². The number of benzene rings is 2. The van der Waals surface area contributed by atoms with Gasteiger partial charge in [-0.1, -0.05) is 30.3 Å². The number of nitrogens with zero attached hydrogens (tertiary/aromatic N) is 3. The van der Waals surface area contributed by atoms with Crippen LogP contribution in [0.2, 0.25) is 0 Å². The van der Waals surface area contributed by atoms with Crippen molar-refractivity contribution >= 4 is 0 Å².